The number of anilines is 1. The summed E-state index contributed by atoms with van der Waals surface area (Å²) in [5, 5.41) is 9.41. The lowest BCUT2D eigenvalue weighted by Gasteiger charge is -2.07. The van der Waals surface area contributed by atoms with Crippen LogP contribution in [0.3, 0.4) is 0 Å². The van der Waals surface area contributed by atoms with Crippen molar-refractivity contribution < 1.29 is 9.13 Å². The van der Waals surface area contributed by atoms with Gasteiger partial charge < -0.3 is 16.3 Å². The molecule has 4 aromatic rings. The van der Waals surface area contributed by atoms with Crippen LogP contribution in [0.25, 0.3) is 10.9 Å². The fourth-order valence-electron chi connectivity index (χ4n) is 2.53. The van der Waals surface area contributed by atoms with Gasteiger partial charge in [0.15, 0.2) is 5.82 Å². The van der Waals surface area contributed by atoms with Crippen molar-refractivity contribution >= 4 is 28.5 Å². The van der Waals surface area contributed by atoms with Crippen LogP contribution in [0.2, 0.25) is 0 Å². The zero-order valence-corrected chi connectivity index (χ0v) is 15.4. The maximum atomic E-state index is 12.9. The first-order chi connectivity index (χ1) is 13.6. The lowest BCUT2D eigenvalue weighted by molar-refractivity contribution is 0.291. The fourth-order valence-corrected chi connectivity index (χ4v) is 3.26. The van der Waals surface area contributed by atoms with E-state index in [0.717, 1.165) is 10.9 Å². The summed E-state index contributed by atoms with van der Waals surface area (Å²) < 4.78 is 19.8. The van der Waals surface area contributed by atoms with E-state index in [1.54, 1.807) is 0 Å². The first-order valence-corrected chi connectivity index (χ1v) is 9.30. The molecule has 2 aromatic carbocycles. The molecule has 10 heteroatoms. The van der Waals surface area contributed by atoms with Gasteiger partial charge in [-0.3, -0.25) is 0 Å². The molecule has 4 N–H and O–H groups in total. The highest BCUT2D eigenvalue weighted by Crippen LogP contribution is 2.23. The molecule has 0 fully saturated rings. The van der Waals surface area contributed by atoms with Crippen molar-refractivity contribution in [1.29, 1.82) is 0 Å². The minimum atomic E-state index is -0.329. The molecule has 142 valence electrons. The number of nitrogens with zero attached hydrogens (tertiary/aromatic N) is 5. The van der Waals surface area contributed by atoms with Gasteiger partial charge in [0.1, 0.15) is 29.8 Å². The molecule has 4 rings (SSSR count). The first kappa shape index (κ1) is 18.0. The molecule has 0 spiro atoms. The molecule has 8 nitrogen and oxygen atoms in total. The van der Waals surface area contributed by atoms with Crippen LogP contribution in [0.5, 0.6) is 5.75 Å². The fraction of sp³-hybridized carbons (Fsp3) is 0.111. The third kappa shape index (κ3) is 3.81. The zero-order chi connectivity index (χ0) is 19.5. The number of thioether (sulfide) groups is 1. The Bertz CT molecular complexity index is 1120. The van der Waals surface area contributed by atoms with Crippen molar-refractivity contribution in [3.63, 3.8) is 0 Å². The molecule has 0 amide bonds. The molecule has 0 bridgehead atoms. The topological polar surface area (TPSA) is 118 Å². The van der Waals surface area contributed by atoms with Gasteiger partial charge in [-0.1, -0.05) is 23.9 Å². The van der Waals surface area contributed by atoms with Crippen molar-refractivity contribution in [2.45, 2.75) is 17.5 Å². The predicted molar refractivity (Wildman–Crippen MR) is 104 cm³/mol. The second kappa shape index (κ2) is 7.69. The van der Waals surface area contributed by atoms with E-state index in [4.69, 9.17) is 16.3 Å². The minimum absolute atomic E-state index is 0.106. The Hall–Kier alpha value is -3.40. The summed E-state index contributed by atoms with van der Waals surface area (Å²) in [6.07, 6.45) is 0. The third-order valence-electron chi connectivity index (χ3n) is 3.93. The van der Waals surface area contributed by atoms with Crippen molar-refractivity contribution in [3.05, 3.63) is 66.0 Å². The monoisotopic (exact) mass is 397 g/mol. The van der Waals surface area contributed by atoms with Crippen LogP contribution >= 0.6 is 11.8 Å². The highest BCUT2D eigenvalue weighted by molar-refractivity contribution is 7.98. The summed E-state index contributed by atoms with van der Waals surface area (Å²) in [6.45, 7) is 0.106. The van der Waals surface area contributed by atoms with Crippen LogP contribution in [0.15, 0.2) is 53.7 Å². The van der Waals surface area contributed by atoms with Gasteiger partial charge in [-0.15, -0.1) is 10.2 Å². The number of hydrogen-bond acceptors (Lipinski definition) is 8. The number of benzene rings is 2. The van der Waals surface area contributed by atoms with E-state index in [2.05, 4.69) is 20.2 Å². The lowest BCUT2D eigenvalue weighted by Crippen LogP contribution is -2.16. The first-order valence-electron chi connectivity index (χ1n) is 8.32. The average molecular weight is 397 g/mol. The molecule has 0 aliphatic carbocycles. The van der Waals surface area contributed by atoms with E-state index in [1.807, 2.05) is 24.3 Å². The Kier molecular flexibility index (Phi) is 4.94. The predicted octanol–water partition coefficient (Wildman–Crippen LogP) is 2.53. The molecule has 28 heavy (non-hydrogen) atoms. The van der Waals surface area contributed by atoms with E-state index in [0.29, 0.717) is 34.1 Å². The number of aromatic nitrogens is 5. The van der Waals surface area contributed by atoms with Crippen LogP contribution in [0.4, 0.5) is 10.2 Å². The summed E-state index contributed by atoms with van der Waals surface area (Å²) in [7, 11) is 0. The van der Waals surface area contributed by atoms with Gasteiger partial charge in [-0.25, -0.2) is 19.0 Å². The number of ether oxygens (including phenoxy) is 1. The molecule has 0 aliphatic rings. The van der Waals surface area contributed by atoms with Gasteiger partial charge in [-0.05, 0) is 36.4 Å². The molecular formula is C18H16FN7OS. The highest BCUT2D eigenvalue weighted by Gasteiger charge is 2.13. The van der Waals surface area contributed by atoms with Gasteiger partial charge >= 0.3 is 0 Å². The smallest absolute Gasteiger partial charge is 0.210 e. The summed E-state index contributed by atoms with van der Waals surface area (Å²) >= 11 is 1.34. The second-order valence-electron chi connectivity index (χ2n) is 5.84. The number of fused-ring (bicyclic) bond motifs is 1. The molecule has 0 atom stereocenters. The minimum Gasteiger partial charge on any atom is -0.486 e. The largest absolute Gasteiger partial charge is 0.486 e. The molecule has 0 unspecified atom stereocenters. The molecular weight excluding hydrogens is 381 g/mol. The Balaban J connectivity index is 1.42. The lowest BCUT2D eigenvalue weighted by atomic mass is 10.2. The Labute approximate surface area is 163 Å². The van der Waals surface area contributed by atoms with Gasteiger partial charge in [0, 0.05) is 5.39 Å². The van der Waals surface area contributed by atoms with Crippen molar-refractivity contribution in [1.82, 2.24) is 24.8 Å². The number of hydrogen-bond donors (Lipinski definition) is 2. The number of nitrogens with two attached hydrogens (primary N) is 2. The Morgan fingerprint density at radius 3 is 2.64 bits per heavy atom. The van der Waals surface area contributed by atoms with Crippen molar-refractivity contribution in [2.75, 3.05) is 11.6 Å². The van der Waals surface area contributed by atoms with Crippen LogP contribution in [0, 0.1) is 5.82 Å². The SMILES string of the molecule is Nc1nc(CSc2nnc(COc3ccc(F)cc3)n2N)nc2ccccc12. The van der Waals surface area contributed by atoms with Crippen LogP contribution in [-0.2, 0) is 12.4 Å². The Morgan fingerprint density at radius 1 is 1.04 bits per heavy atom. The molecule has 2 heterocycles. The van der Waals surface area contributed by atoms with E-state index in [9.17, 15) is 4.39 Å². The second-order valence-corrected chi connectivity index (χ2v) is 6.78. The molecule has 2 aromatic heterocycles. The number of rotatable bonds is 6. The maximum Gasteiger partial charge on any atom is 0.210 e. The third-order valence-corrected chi connectivity index (χ3v) is 4.87. The van der Waals surface area contributed by atoms with Gasteiger partial charge in [0.2, 0.25) is 5.16 Å². The molecule has 0 saturated heterocycles. The van der Waals surface area contributed by atoms with Crippen molar-refractivity contribution in [3.8, 4) is 5.75 Å². The number of nitrogen functional groups attached to an aromatic ring is 2. The highest BCUT2D eigenvalue weighted by atomic mass is 32.2. The normalized spacial score (nSPS) is 11.0. The Morgan fingerprint density at radius 2 is 1.82 bits per heavy atom. The van der Waals surface area contributed by atoms with E-state index < -0.39 is 0 Å². The van der Waals surface area contributed by atoms with E-state index >= 15 is 0 Å². The summed E-state index contributed by atoms with van der Waals surface area (Å²) in [5.41, 5.74) is 6.79. The maximum absolute atomic E-state index is 12.9. The van der Waals surface area contributed by atoms with E-state index in [1.165, 1.54) is 40.7 Å². The van der Waals surface area contributed by atoms with Gasteiger partial charge in [0.05, 0.1) is 11.3 Å². The van der Waals surface area contributed by atoms with Gasteiger partial charge in [-0.2, -0.15) is 0 Å². The standard InChI is InChI=1S/C18H16FN7OS/c19-11-5-7-12(8-6-11)27-9-16-24-25-18(26(16)21)28-10-15-22-14-4-2-1-3-13(14)17(20)23-15/h1-8H,9-10,21H2,(H2,20,22,23). The zero-order valence-electron chi connectivity index (χ0n) is 14.6. The number of halogens is 1. The average Bonchev–Trinajstić information content (AvgIpc) is 3.06. The molecule has 0 aliphatic heterocycles. The van der Waals surface area contributed by atoms with E-state index in [-0.39, 0.29) is 12.4 Å². The van der Waals surface area contributed by atoms with Crippen LogP contribution < -0.4 is 16.3 Å². The van der Waals surface area contributed by atoms with Gasteiger partial charge in [0.25, 0.3) is 0 Å². The molecule has 0 radical (unpaired) electrons. The summed E-state index contributed by atoms with van der Waals surface area (Å²) in [4.78, 5) is 8.83. The molecule has 0 saturated carbocycles. The number of para-hydroxylation sites is 1. The van der Waals surface area contributed by atoms with Crippen LogP contribution in [0.1, 0.15) is 11.6 Å². The summed E-state index contributed by atoms with van der Waals surface area (Å²) in [6, 6.07) is 13.3. The van der Waals surface area contributed by atoms with Crippen LogP contribution in [-0.4, -0.2) is 24.8 Å². The van der Waals surface area contributed by atoms with Crippen molar-refractivity contribution in [2.24, 2.45) is 0 Å². The summed E-state index contributed by atoms with van der Waals surface area (Å²) in [5.74, 6) is 8.11. The quantitative estimate of drug-likeness (QED) is 0.376.